The van der Waals surface area contributed by atoms with Crippen LogP contribution in [-0.2, 0) is 9.53 Å². The number of hydrogen-bond acceptors (Lipinski definition) is 4. The van der Waals surface area contributed by atoms with E-state index in [4.69, 9.17) is 4.74 Å². The second kappa shape index (κ2) is 5.83. The molecule has 1 heterocycles. The van der Waals surface area contributed by atoms with Gasteiger partial charge in [0.1, 0.15) is 11.5 Å². The third-order valence-corrected chi connectivity index (χ3v) is 3.72. The number of rotatable bonds is 4. The maximum Gasteiger partial charge on any atom is 0.358 e. The molecule has 0 aliphatic carbocycles. The van der Waals surface area contributed by atoms with E-state index in [2.05, 4.69) is 25.9 Å². The van der Waals surface area contributed by atoms with Crippen LogP contribution in [0.25, 0.3) is 0 Å². The minimum absolute atomic E-state index is 0.121. The molecule has 1 aliphatic heterocycles. The van der Waals surface area contributed by atoms with E-state index in [1.54, 1.807) is 19.1 Å². The van der Waals surface area contributed by atoms with Crippen LogP contribution in [0.2, 0.25) is 0 Å². The van der Waals surface area contributed by atoms with Gasteiger partial charge in [0.05, 0.1) is 6.61 Å². The maximum absolute atomic E-state index is 13.3. The van der Waals surface area contributed by atoms with E-state index in [0.29, 0.717) is 17.7 Å². The molecule has 20 heavy (non-hydrogen) atoms. The predicted octanol–water partition coefficient (Wildman–Crippen LogP) is 3.09. The smallest absolute Gasteiger partial charge is 0.358 e. The molecule has 0 saturated heterocycles. The molecule has 1 atom stereocenters. The Balaban J connectivity index is 2.46. The van der Waals surface area contributed by atoms with Crippen molar-refractivity contribution in [2.75, 3.05) is 6.61 Å². The molecule has 1 aromatic carbocycles. The zero-order valence-electron chi connectivity index (χ0n) is 11.2. The fourth-order valence-corrected chi connectivity index (χ4v) is 2.17. The van der Waals surface area contributed by atoms with Gasteiger partial charge in [0.2, 0.25) is 4.57 Å². The standard InChI is InChI=1S/C14H14BrFN2O2/c1-3-14(15)17-11(9-6-5-7-10(16)8-9)12(18-14)13(19)20-4-2/h5-8H,3-4H2,1-2H3. The van der Waals surface area contributed by atoms with Gasteiger partial charge in [-0.15, -0.1) is 0 Å². The van der Waals surface area contributed by atoms with Crippen molar-refractivity contribution < 1.29 is 13.9 Å². The number of benzene rings is 1. The summed E-state index contributed by atoms with van der Waals surface area (Å²) in [6, 6.07) is 5.91. The summed E-state index contributed by atoms with van der Waals surface area (Å²) in [5.74, 6) is -0.942. The first-order valence-corrected chi connectivity index (χ1v) is 7.10. The lowest BCUT2D eigenvalue weighted by molar-refractivity contribution is -0.134. The summed E-state index contributed by atoms with van der Waals surface area (Å²) in [5, 5.41) is 0. The number of halogens is 2. The number of carbonyl (C=O) groups is 1. The van der Waals surface area contributed by atoms with Crippen LogP contribution in [0.1, 0.15) is 25.8 Å². The van der Waals surface area contributed by atoms with Gasteiger partial charge >= 0.3 is 5.97 Å². The number of esters is 1. The molecule has 0 saturated carbocycles. The normalized spacial score (nSPS) is 21.4. The Morgan fingerprint density at radius 3 is 2.75 bits per heavy atom. The Labute approximate surface area is 124 Å². The molecule has 1 aromatic rings. The number of alkyl halides is 1. The number of hydrogen-bond donors (Lipinski definition) is 0. The molecule has 0 N–H and O–H groups in total. The molecule has 106 valence electrons. The van der Waals surface area contributed by atoms with Crippen LogP contribution in [0.3, 0.4) is 0 Å². The molecule has 1 aliphatic rings. The van der Waals surface area contributed by atoms with Crippen molar-refractivity contribution in [3.8, 4) is 0 Å². The zero-order chi connectivity index (χ0) is 14.8. The summed E-state index contributed by atoms with van der Waals surface area (Å²) in [5.41, 5.74) is 0.976. The van der Waals surface area contributed by atoms with E-state index in [0.717, 1.165) is 0 Å². The van der Waals surface area contributed by atoms with Crippen LogP contribution in [-0.4, -0.2) is 28.6 Å². The number of aliphatic imine (C=N–C) groups is 2. The van der Waals surface area contributed by atoms with Gasteiger partial charge in [0.15, 0.2) is 5.71 Å². The van der Waals surface area contributed by atoms with E-state index < -0.39 is 16.4 Å². The molecule has 0 amide bonds. The molecular formula is C14H14BrFN2O2. The summed E-state index contributed by atoms with van der Waals surface area (Å²) in [4.78, 5) is 20.6. The lowest BCUT2D eigenvalue weighted by Crippen LogP contribution is -2.25. The van der Waals surface area contributed by atoms with Crippen molar-refractivity contribution in [3.63, 3.8) is 0 Å². The third kappa shape index (κ3) is 2.95. The Hall–Kier alpha value is -1.56. The molecule has 0 bridgehead atoms. The second-order valence-electron chi connectivity index (χ2n) is 4.22. The van der Waals surface area contributed by atoms with Gasteiger partial charge in [0, 0.05) is 12.0 Å². The largest absolute Gasteiger partial charge is 0.461 e. The number of nitrogens with zero attached hydrogens (tertiary/aromatic N) is 2. The number of ether oxygens (including phenoxy) is 1. The van der Waals surface area contributed by atoms with Crippen LogP contribution in [0.15, 0.2) is 34.3 Å². The van der Waals surface area contributed by atoms with Gasteiger partial charge in [-0.2, -0.15) is 0 Å². The Morgan fingerprint density at radius 2 is 2.15 bits per heavy atom. The van der Waals surface area contributed by atoms with E-state index >= 15 is 0 Å². The minimum atomic E-state index is -0.878. The Bertz CT molecular complexity index is 601. The van der Waals surface area contributed by atoms with E-state index in [1.165, 1.54) is 12.1 Å². The highest BCUT2D eigenvalue weighted by molar-refractivity contribution is 9.10. The topological polar surface area (TPSA) is 51.0 Å². The van der Waals surface area contributed by atoms with Gasteiger partial charge in [-0.05, 0) is 35.0 Å². The third-order valence-electron chi connectivity index (χ3n) is 2.81. The van der Waals surface area contributed by atoms with Crippen molar-refractivity contribution in [3.05, 3.63) is 35.6 Å². The minimum Gasteiger partial charge on any atom is -0.461 e. The molecule has 2 rings (SSSR count). The maximum atomic E-state index is 13.3. The summed E-state index contributed by atoms with van der Waals surface area (Å²) >= 11 is 3.38. The van der Waals surface area contributed by atoms with E-state index in [-0.39, 0.29) is 12.3 Å². The second-order valence-corrected chi connectivity index (χ2v) is 5.49. The highest BCUT2D eigenvalue weighted by Crippen LogP contribution is 2.32. The number of carbonyl (C=O) groups excluding carboxylic acids is 1. The van der Waals surface area contributed by atoms with Gasteiger partial charge in [-0.25, -0.2) is 19.2 Å². The predicted molar refractivity (Wildman–Crippen MR) is 79.0 cm³/mol. The van der Waals surface area contributed by atoms with Crippen LogP contribution < -0.4 is 0 Å². The molecule has 0 spiro atoms. The van der Waals surface area contributed by atoms with Gasteiger partial charge in [-0.3, -0.25) is 0 Å². The first-order chi connectivity index (χ1) is 9.49. The molecule has 6 heteroatoms. The van der Waals surface area contributed by atoms with Crippen molar-refractivity contribution in [1.29, 1.82) is 0 Å². The Morgan fingerprint density at radius 1 is 1.40 bits per heavy atom. The summed E-state index contributed by atoms with van der Waals surface area (Å²) in [6.45, 7) is 3.85. The highest BCUT2D eigenvalue weighted by atomic mass is 79.9. The highest BCUT2D eigenvalue weighted by Gasteiger charge is 2.36. The van der Waals surface area contributed by atoms with Crippen LogP contribution in [0.4, 0.5) is 4.39 Å². The average Bonchev–Trinajstić information content (AvgIpc) is 2.78. The molecule has 0 aromatic heterocycles. The molecule has 1 unspecified atom stereocenters. The SMILES string of the molecule is CCOC(=O)C1=NC(Br)(CC)N=C1c1cccc(F)c1. The summed E-state index contributed by atoms with van der Waals surface area (Å²) in [6.07, 6.45) is 0.564. The van der Waals surface area contributed by atoms with Crippen molar-refractivity contribution in [2.45, 2.75) is 24.8 Å². The fraction of sp³-hybridized carbons (Fsp3) is 0.357. The van der Waals surface area contributed by atoms with E-state index in [1.807, 2.05) is 6.92 Å². The van der Waals surface area contributed by atoms with Crippen molar-refractivity contribution in [2.24, 2.45) is 9.98 Å². The average molecular weight is 341 g/mol. The van der Waals surface area contributed by atoms with Gasteiger partial charge in [0.25, 0.3) is 0 Å². The first-order valence-electron chi connectivity index (χ1n) is 6.31. The van der Waals surface area contributed by atoms with Crippen LogP contribution >= 0.6 is 15.9 Å². The first kappa shape index (κ1) is 14.8. The molecular weight excluding hydrogens is 327 g/mol. The lowest BCUT2D eigenvalue weighted by Gasteiger charge is -2.10. The van der Waals surface area contributed by atoms with Crippen molar-refractivity contribution in [1.82, 2.24) is 0 Å². The fourth-order valence-electron chi connectivity index (χ4n) is 1.81. The van der Waals surface area contributed by atoms with Gasteiger partial charge < -0.3 is 4.74 Å². The molecule has 0 radical (unpaired) electrons. The van der Waals surface area contributed by atoms with Crippen molar-refractivity contribution >= 4 is 33.3 Å². The monoisotopic (exact) mass is 340 g/mol. The van der Waals surface area contributed by atoms with Gasteiger partial charge in [-0.1, -0.05) is 19.1 Å². The van der Waals surface area contributed by atoms with Crippen LogP contribution in [0.5, 0.6) is 0 Å². The summed E-state index contributed by atoms with van der Waals surface area (Å²) in [7, 11) is 0. The molecule has 0 fully saturated rings. The summed E-state index contributed by atoms with van der Waals surface area (Å²) < 4.78 is 17.5. The zero-order valence-corrected chi connectivity index (χ0v) is 12.8. The lowest BCUT2D eigenvalue weighted by atomic mass is 10.1. The quantitative estimate of drug-likeness (QED) is 0.480. The Kier molecular flexibility index (Phi) is 4.32. The van der Waals surface area contributed by atoms with Crippen LogP contribution in [0, 0.1) is 5.82 Å². The van der Waals surface area contributed by atoms with E-state index in [9.17, 15) is 9.18 Å². The molecule has 4 nitrogen and oxygen atoms in total.